The van der Waals surface area contributed by atoms with Gasteiger partial charge < -0.3 is 14.6 Å². The Bertz CT molecular complexity index is 880. The van der Waals surface area contributed by atoms with Gasteiger partial charge >= 0.3 is 0 Å². The minimum Gasteiger partial charge on any atom is -0.497 e. The zero-order valence-electron chi connectivity index (χ0n) is 18.1. The van der Waals surface area contributed by atoms with Crippen molar-refractivity contribution in [2.24, 2.45) is 5.92 Å². The van der Waals surface area contributed by atoms with Crippen molar-refractivity contribution in [3.05, 3.63) is 48.3 Å². The minimum atomic E-state index is -0.731. The van der Waals surface area contributed by atoms with Crippen LogP contribution in [0.2, 0.25) is 0 Å². The molecule has 2 heterocycles. The maximum Gasteiger partial charge on any atom is 0.251 e. The molecule has 0 spiro atoms. The molecule has 0 saturated carbocycles. The molecule has 2 aromatic rings. The molecule has 156 valence electrons. The molecule has 0 aliphatic carbocycles. The number of fused-ring (bicyclic) bond motifs is 1. The highest BCUT2D eigenvalue weighted by atomic mass is 16.5. The summed E-state index contributed by atoms with van der Waals surface area (Å²) in [5, 5.41) is 3.05. The van der Waals surface area contributed by atoms with Crippen LogP contribution in [0, 0.1) is 5.92 Å². The first kappa shape index (κ1) is 21.0. The summed E-state index contributed by atoms with van der Waals surface area (Å²) in [7, 11) is 1.60. The summed E-state index contributed by atoms with van der Waals surface area (Å²) < 4.78 is 7.23. The van der Waals surface area contributed by atoms with E-state index in [0.29, 0.717) is 11.4 Å². The summed E-state index contributed by atoms with van der Waals surface area (Å²) in [6.45, 7) is 9.97. The van der Waals surface area contributed by atoms with Crippen molar-refractivity contribution >= 4 is 17.5 Å². The second-order valence-electron chi connectivity index (χ2n) is 8.72. The number of hydrogen-bond acceptors (Lipinski definition) is 3. The Balaban J connectivity index is 2.14. The minimum absolute atomic E-state index is 0.0673. The van der Waals surface area contributed by atoms with E-state index in [4.69, 9.17) is 4.74 Å². The number of ether oxygens (including phenoxy) is 1. The topological polar surface area (TPSA) is 63.6 Å². The molecule has 0 bridgehead atoms. The van der Waals surface area contributed by atoms with E-state index in [0.717, 1.165) is 12.1 Å². The molecule has 3 rings (SSSR count). The van der Waals surface area contributed by atoms with Crippen molar-refractivity contribution < 1.29 is 14.3 Å². The molecule has 1 aliphatic rings. The predicted molar refractivity (Wildman–Crippen MR) is 114 cm³/mol. The number of hydrogen-bond donors (Lipinski definition) is 1. The average molecular weight is 398 g/mol. The summed E-state index contributed by atoms with van der Waals surface area (Å²) in [4.78, 5) is 28.7. The van der Waals surface area contributed by atoms with Gasteiger partial charge in [0.15, 0.2) is 6.04 Å². The lowest BCUT2D eigenvalue weighted by Crippen LogP contribution is -2.55. The van der Waals surface area contributed by atoms with Crippen LogP contribution in [0.25, 0.3) is 0 Å². The monoisotopic (exact) mass is 397 g/mol. The number of nitrogens with one attached hydrogen (secondary N) is 1. The van der Waals surface area contributed by atoms with E-state index in [1.54, 1.807) is 12.0 Å². The highest BCUT2D eigenvalue weighted by molar-refractivity contribution is 6.04. The van der Waals surface area contributed by atoms with Crippen molar-refractivity contribution in [2.75, 3.05) is 12.0 Å². The summed E-state index contributed by atoms with van der Waals surface area (Å²) in [6, 6.07) is 10.1. The van der Waals surface area contributed by atoms with Gasteiger partial charge in [0.2, 0.25) is 5.91 Å². The first-order chi connectivity index (χ1) is 13.7. The lowest BCUT2D eigenvalue weighted by Gasteiger charge is -2.42. The number of methoxy groups -OCH3 is 1. The lowest BCUT2D eigenvalue weighted by molar-refractivity contribution is -0.131. The summed E-state index contributed by atoms with van der Waals surface area (Å²) in [5.41, 5.74) is 1.11. The van der Waals surface area contributed by atoms with E-state index in [9.17, 15) is 9.59 Å². The Labute approximate surface area is 172 Å². The highest BCUT2D eigenvalue weighted by Gasteiger charge is 2.45. The zero-order valence-corrected chi connectivity index (χ0v) is 18.1. The second-order valence-corrected chi connectivity index (χ2v) is 8.72. The molecule has 29 heavy (non-hydrogen) atoms. The van der Waals surface area contributed by atoms with Crippen molar-refractivity contribution in [2.45, 2.75) is 58.7 Å². The summed E-state index contributed by atoms with van der Waals surface area (Å²) in [6.07, 6.45) is 2.77. The van der Waals surface area contributed by atoms with E-state index < -0.39 is 11.6 Å². The number of aromatic nitrogens is 1. The largest absolute Gasteiger partial charge is 0.497 e. The second kappa shape index (κ2) is 7.93. The van der Waals surface area contributed by atoms with E-state index in [2.05, 4.69) is 19.2 Å². The Kier molecular flexibility index (Phi) is 5.73. The maximum absolute atomic E-state index is 13.7. The lowest BCUT2D eigenvalue weighted by atomic mass is 9.92. The molecule has 1 aromatic heterocycles. The van der Waals surface area contributed by atoms with Crippen molar-refractivity contribution in [3.8, 4) is 5.75 Å². The van der Waals surface area contributed by atoms with E-state index in [-0.39, 0.29) is 23.8 Å². The standard InChI is InChI=1S/C23H31N3O3/c1-7-15(2)19-22(28)26(16-10-12-17(29-6)13-11-16)20(18-9-8-14-25(18)19)21(27)24-23(3,4)5/h8-15,19-20H,7H2,1-6H3,(H,24,27)/t15-,19+,20-/m1/s1. The maximum atomic E-state index is 13.7. The fraction of sp³-hybridized carbons (Fsp3) is 0.478. The Morgan fingerprint density at radius 1 is 1.21 bits per heavy atom. The molecular weight excluding hydrogens is 366 g/mol. The molecular formula is C23H31N3O3. The van der Waals surface area contributed by atoms with Gasteiger partial charge in [-0.3, -0.25) is 14.5 Å². The summed E-state index contributed by atoms with van der Waals surface area (Å²) >= 11 is 0. The SMILES string of the molecule is CC[C@@H](C)[C@H]1C(=O)N(c2ccc(OC)cc2)[C@@H](C(=O)NC(C)(C)C)c2cccn21. The van der Waals surface area contributed by atoms with Crippen LogP contribution in [-0.4, -0.2) is 29.0 Å². The molecule has 2 amide bonds. The number of amides is 2. The number of carbonyl (C=O) groups excluding carboxylic acids is 2. The molecule has 6 nitrogen and oxygen atoms in total. The Morgan fingerprint density at radius 2 is 1.86 bits per heavy atom. The normalized spacial score (nSPS) is 20.2. The van der Waals surface area contributed by atoms with Gasteiger partial charge in [0.05, 0.1) is 12.8 Å². The van der Waals surface area contributed by atoms with Crippen molar-refractivity contribution in [1.29, 1.82) is 0 Å². The van der Waals surface area contributed by atoms with E-state index in [1.807, 2.05) is 67.9 Å². The van der Waals surface area contributed by atoms with Gasteiger partial charge in [0, 0.05) is 17.4 Å². The van der Waals surface area contributed by atoms with Crippen molar-refractivity contribution in [1.82, 2.24) is 9.88 Å². The molecule has 0 radical (unpaired) electrons. The van der Waals surface area contributed by atoms with E-state index >= 15 is 0 Å². The summed E-state index contributed by atoms with van der Waals surface area (Å²) in [5.74, 6) is 0.586. The van der Waals surface area contributed by atoms with Crippen LogP contribution in [0.3, 0.4) is 0 Å². The number of carbonyl (C=O) groups is 2. The third kappa shape index (κ3) is 4.02. The Hall–Kier alpha value is -2.76. The van der Waals surface area contributed by atoms with Gasteiger partial charge in [0.1, 0.15) is 11.8 Å². The fourth-order valence-corrected chi connectivity index (χ4v) is 3.86. The molecule has 0 saturated heterocycles. The first-order valence-electron chi connectivity index (χ1n) is 10.1. The average Bonchev–Trinajstić information content (AvgIpc) is 3.14. The van der Waals surface area contributed by atoms with Crippen LogP contribution in [-0.2, 0) is 9.59 Å². The van der Waals surface area contributed by atoms with Crippen LogP contribution in [0.4, 0.5) is 5.69 Å². The highest BCUT2D eigenvalue weighted by Crippen LogP contribution is 2.40. The molecule has 1 aliphatic heterocycles. The van der Waals surface area contributed by atoms with Crippen LogP contribution in [0.1, 0.15) is 58.8 Å². The number of rotatable bonds is 5. The van der Waals surface area contributed by atoms with Crippen LogP contribution < -0.4 is 15.0 Å². The van der Waals surface area contributed by atoms with Gasteiger partial charge in [-0.05, 0) is 63.1 Å². The van der Waals surface area contributed by atoms with Crippen molar-refractivity contribution in [3.63, 3.8) is 0 Å². The van der Waals surface area contributed by atoms with Gasteiger partial charge in [-0.25, -0.2) is 0 Å². The van der Waals surface area contributed by atoms with Gasteiger partial charge in [-0.1, -0.05) is 20.3 Å². The molecule has 6 heteroatoms. The van der Waals surface area contributed by atoms with Crippen LogP contribution in [0.5, 0.6) is 5.75 Å². The number of anilines is 1. The third-order valence-electron chi connectivity index (χ3n) is 5.42. The quantitative estimate of drug-likeness (QED) is 0.827. The van der Waals surface area contributed by atoms with Crippen LogP contribution in [0.15, 0.2) is 42.6 Å². The number of nitrogens with zero attached hydrogens (tertiary/aromatic N) is 2. The van der Waals surface area contributed by atoms with Gasteiger partial charge in [-0.2, -0.15) is 0 Å². The molecule has 1 aromatic carbocycles. The fourth-order valence-electron chi connectivity index (χ4n) is 3.86. The number of benzene rings is 1. The third-order valence-corrected chi connectivity index (χ3v) is 5.42. The van der Waals surface area contributed by atoms with Crippen LogP contribution >= 0.6 is 0 Å². The molecule has 0 fully saturated rings. The molecule has 3 atom stereocenters. The molecule has 0 unspecified atom stereocenters. The smallest absolute Gasteiger partial charge is 0.251 e. The van der Waals surface area contributed by atoms with Gasteiger partial charge in [0.25, 0.3) is 5.91 Å². The van der Waals surface area contributed by atoms with Gasteiger partial charge in [-0.15, -0.1) is 0 Å². The zero-order chi connectivity index (χ0) is 21.3. The van der Waals surface area contributed by atoms with E-state index in [1.165, 1.54) is 0 Å². The predicted octanol–water partition coefficient (Wildman–Crippen LogP) is 4.09. The Morgan fingerprint density at radius 3 is 2.41 bits per heavy atom. The first-order valence-corrected chi connectivity index (χ1v) is 10.1. The molecule has 1 N–H and O–H groups in total.